The van der Waals surface area contributed by atoms with E-state index in [1.807, 2.05) is 19.9 Å². The third kappa shape index (κ3) is 4.25. The van der Waals surface area contributed by atoms with Crippen LogP contribution in [0.1, 0.15) is 35.3 Å². The highest BCUT2D eigenvalue weighted by Gasteiger charge is 2.22. The molecule has 136 valence electrons. The first-order chi connectivity index (χ1) is 12.3. The highest BCUT2D eigenvalue weighted by molar-refractivity contribution is 6.11. The maximum Gasteiger partial charge on any atom is 0.197 e. The molecule has 5 heteroatoms. The summed E-state index contributed by atoms with van der Waals surface area (Å²) in [6, 6.07) is 9.82. The Bertz CT molecular complexity index is 860. The van der Waals surface area contributed by atoms with E-state index in [0.29, 0.717) is 17.5 Å². The fourth-order valence-electron chi connectivity index (χ4n) is 2.49. The zero-order valence-corrected chi connectivity index (χ0v) is 15.0. The van der Waals surface area contributed by atoms with Crippen molar-refractivity contribution < 1.29 is 24.9 Å². The summed E-state index contributed by atoms with van der Waals surface area (Å²) in [5.74, 6) is -1.45. The minimum absolute atomic E-state index is 0.254. The van der Waals surface area contributed by atoms with Gasteiger partial charge in [0.25, 0.3) is 0 Å². The molecule has 0 spiro atoms. The van der Waals surface area contributed by atoms with Gasteiger partial charge in [0.05, 0.1) is 7.11 Å². The molecule has 0 aliphatic carbocycles. The van der Waals surface area contributed by atoms with Crippen LogP contribution in [0.15, 0.2) is 54.1 Å². The van der Waals surface area contributed by atoms with Crippen molar-refractivity contribution in [1.29, 1.82) is 0 Å². The lowest BCUT2D eigenvalue weighted by molar-refractivity contribution is 0.104. The van der Waals surface area contributed by atoms with Crippen LogP contribution in [0.3, 0.4) is 0 Å². The molecule has 26 heavy (non-hydrogen) atoms. The van der Waals surface area contributed by atoms with E-state index in [1.165, 1.54) is 13.2 Å². The van der Waals surface area contributed by atoms with Crippen molar-refractivity contribution >= 4 is 11.5 Å². The van der Waals surface area contributed by atoms with Gasteiger partial charge in [-0.1, -0.05) is 42.0 Å². The second kappa shape index (κ2) is 8.25. The fourth-order valence-corrected chi connectivity index (χ4v) is 2.49. The van der Waals surface area contributed by atoms with Gasteiger partial charge in [0, 0.05) is 23.3 Å². The van der Waals surface area contributed by atoms with Gasteiger partial charge in [-0.25, -0.2) is 0 Å². The SMILES string of the molecule is COc1cc(O)c(C(=O)C=C(O)c2ccccc2)c(O)c1CC=C(C)C. The molecule has 0 saturated heterocycles. The van der Waals surface area contributed by atoms with Gasteiger partial charge >= 0.3 is 0 Å². The van der Waals surface area contributed by atoms with E-state index in [-0.39, 0.29) is 22.8 Å². The first kappa shape index (κ1) is 19.1. The van der Waals surface area contributed by atoms with Crippen LogP contribution < -0.4 is 4.74 Å². The molecule has 3 N–H and O–H groups in total. The van der Waals surface area contributed by atoms with Crippen LogP contribution in [0, 0.1) is 0 Å². The summed E-state index contributed by atoms with van der Waals surface area (Å²) in [5.41, 5.74) is 1.61. The Kier molecular flexibility index (Phi) is 6.07. The Balaban J connectivity index is 2.50. The molecular weight excluding hydrogens is 332 g/mol. The van der Waals surface area contributed by atoms with Crippen LogP contribution in [0.4, 0.5) is 0 Å². The van der Waals surface area contributed by atoms with Gasteiger partial charge in [-0.2, -0.15) is 0 Å². The van der Waals surface area contributed by atoms with E-state index in [9.17, 15) is 20.1 Å². The van der Waals surface area contributed by atoms with Crippen LogP contribution >= 0.6 is 0 Å². The second-order valence-corrected chi connectivity index (χ2v) is 6.05. The average Bonchev–Trinajstić information content (AvgIpc) is 2.60. The van der Waals surface area contributed by atoms with Gasteiger partial charge < -0.3 is 20.1 Å². The van der Waals surface area contributed by atoms with Gasteiger partial charge in [-0.15, -0.1) is 0 Å². The number of benzene rings is 2. The van der Waals surface area contributed by atoms with Crippen LogP contribution in [0.5, 0.6) is 17.2 Å². The van der Waals surface area contributed by atoms with E-state index in [2.05, 4.69) is 0 Å². The number of methoxy groups -OCH3 is 1. The molecule has 0 aliphatic rings. The molecule has 2 aromatic rings. The van der Waals surface area contributed by atoms with E-state index in [4.69, 9.17) is 4.74 Å². The normalized spacial score (nSPS) is 11.1. The van der Waals surface area contributed by atoms with Gasteiger partial charge in [0.2, 0.25) is 0 Å². The Labute approximate surface area is 152 Å². The molecule has 0 radical (unpaired) electrons. The predicted molar refractivity (Wildman–Crippen MR) is 101 cm³/mol. The second-order valence-electron chi connectivity index (χ2n) is 6.05. The predicted octanol–water partition coefficient (Wildman–Crippen LogP) is 4.40. The van der Waals surface area contributed by atoms with Gasteiger partial charge in [0.15, 0.2) is 5.78 Å². The Hall–Kier alpha value is -3.21. The minimum Gasteiger partial charge on any atom is -0.507 e. The molecular formula is C21H22O5. The Morgan fingerprint density at radius 2 is 1.81 bits per heavy atom. The number of rotatable bonds is 6. The summed E-state index contributed by atoms with van der Waals surface area (Å²) in [6.45, 7) is 3.83. The number of aliphatic hydroxyl groups excluding tert-OH is 1. The number of carbonyl (C=O) groups is 1. The van der Waals surface area contributed by atoms with Crippen LogP contribution in [-0.4, -0.2) is 28.2 Å². The van der Waals surface area contributed by atoms with Crippen molar-refractivity contribution in [1.82, 2.24) is 0 Å². The number of allylic oxidation sites excluding steroid dienone is 3. The van der Waals surface area contributed by atoms with Crippen molar-refractivity contribution in [2.45, 2.75) is 20.3 Å². The third-order valence-electron chi connectivity index (χ3n) is 3.86. The molecule has 0 aromatic heterocycles. The summed E-state index contributed by atoms with van der Waals surface area (Å²) < 4.78 is 5.20. The number of phenolic OH excluding ortho intramolecular Hbond substituents is 2. The van der Waals surface area contributed by atoms with E-state index in [0.717, 1.165) is 11.6 Å². The maximum atomic E-state index is 12.5. The number of ether oxygens (including phenoxy) is 1. The molecule has 0 aliphatic heterocycles. The molecule has 0 unspecified atom stereocenters. The van der Waals surface area contributed by atoms with Crippen molar-refractivity contribution in [3.8, 4) is 17.2 Å². The fraction of sp³-hybridized carbons (Fsp3) is 0.190. The lowest BCUT2D eigenvalue weighted by atomic mass is 9.99. The number of carbonyl (C=O) groups excluding carboxylic acids is 1. The van der Waals surface area contributed by atoms with Gasteiger partial charge in [0.1, 0.15) is 28.6 Å². The van der Waals surface area contributed by atoms with E-state index in [1.54, 1.807) is 30.3 Å². The van der Waals surface area contributed by atoms with Crippen molar-refractivity contribution in [2.75, 3.05) is 7.11 Å². The molecule has 2 rings (SSSR count). The summed E-state index contributed by atoms with van der Waals surface area (Å²) >= 11 is 0. The standard InChI is InChI=1S/C21H22O5/c1-13(2)9-10-15-19(26-3)12-18(24)20(21(15)25)17(23)11-16(22)14-7-5-4-6-8-14/h4-9,11-12,22,24-25H,10H2,1-3H3. The number of phenols is 2. The van der Waals surface area contributed by atoms with E-state index < -0.39 is 11.5 Å². The molecule has 0 saturated carbocycles. The van der Waals surface area contributed by atoms with E-state index >= 15 is 0 Å². The smallest absolute Gasteiger partial charge is 0.197 e. The summed E-state index contributed by atoms with van der Waals surface area (Å²) in [4.78, 5) is 12.5. The van der Waals surface area contributed by atoms with Crippen molar-refractivity contribution in [2.24, 2.45) is 0 Å². The molecule has 0 heterocycles. The number of aliphatic hydroxyl groups is 1. The monoisotopic (exact) mass is 354 g/mol. The van der Waals surface area contributed by atoms with Crippen molar-refractivity contribution in [3.63, 3.8) is 0 Å². The van der Waals surface area contributed by atoms with Crippen LogP contribution in [0.25, 0.3) is 5.76 Å². The Morgan fingerprint density at radius 3 is 2.38 bits per heavy atom. The third-order valence-corrected chi connectivity index (χ3v) is 3.86. The molecule has 0 bridgehead atoms. The minimum atomic E-state index is -0.706. The maximum absolute atomic E-state index is 12.5. The number of aromatic hydroxyl groups is 2. The van der Waals surface area contributed by atoms with Crippen LogP contribution in [-0.2, 0) is 6.42 Å². The topological polar surface area (TPSA) is 87.0 Å². The van der Waals surface area contributed by atoms with Gasteiger partial charge in [-0.3, -0.25) is 4.79 Å². The summed E-state index contributed by atoms with van der Waals surface area (Å²) in [6.07, 6.45) is 3.19. The van der Waals surface area contributed by atoms with Crippen LogP contribution in [0.2, 0.25) is 0 Å². The molecule has 5 nitrogen and oxygen atoms in total. The largest absolute Gasteiger partial charge is 0.507 e. The summed E-state index contributed by atoms with van der Waals surface area (Å²) in [7, 11) is 1.42. The first-order valence-corrected chi connectivity index (χ1v) is 8.10. The first-order valence-electron chi connectivity index (χ1n) is 8.10. The molecule has 0 amide bonds. The molecule has 0 fully saturated rings. The molecule has 0 atom stereocenters. The summed E-state index contributed by atoms with van der Waals surface area (Å²) in [5, 5.41) is 30.8. The van der Waals surface area contributed by atoms with Crippen molar-refractivity contribution in [3.05, 3.63) is 70.8 Å². The lowest BCUT2D eigenvalue weighted by Crippen LogP contribution is -2.02. The highest BCUT2D eigenvalue weighted by Crippen LogP contribution is 2.39. The molecule has 2 aromatic carbocycles. The highest BCUT2D eigenvalue weighted by atomic mass is 16.5. The zero-order valence-electron chi connectivity index (χ0n) is 15.0. The average molecular weight is 354 g/mol. The lowest BCUT2D eigenvalue weighted by Gasteiger charge is -2.14. The quantitative estimate of drug-likeness (QED) is 0.310. The zero-order chi connectivity index (χ0) is 19.3. The number of hydrogen-bond acceptors (Lipinski definition) is 5. The Morgan fingerprint density at radius 1 is 1.15 bits per heavy atom. The number of ketones is 1. The number of hydrogen-bond donors (Lipinski definition) is 3. The van der Waals surface area contributed by atoms with Gasteiger partial charge in [-0.05, 0) is 20.3 Å².